The van der Waals surface area contributed by atoms with Crippen LogP contribution in [0.3, 0.4) is 0 Å². The second kappa shape index (κ2) is 7.36. The SMILES string of the molecule is [2H][C@@](O)(CF)[C@@H](C)[C@H]1CC[C@H]2[C@@H]3CC[C@@H]4C[C@@](O)(C(F)(F)F)CC[C@@H]4[C@H]3CC[C@]12C. The van der Waals surface area contributed by atoms with Crippen molar-refractivity contribution >= 4 is 0 Å². The molecule has 4 aliphatic carbocycles. The first-order valence-electron chi connectivity index (χ1n) is 11.9. The first kappa shape index (κ1) is 20.5. The van der Waals surface area contributed by atoms with Crippen LogP contribution in [0, 0.1) is 46.8 Å². The van der Waals surface area contributed by atoms with Gasteiger partial charge in [-0.15, -0.1) is 0 Å². The highest BCUT2D eigenvalue weighted by Crippen LogP contribution is 2.66. The summed E-state index contributed by atoms with van der Waals surface area (Å²) in [6, 6.07) is 0. The number of halogens is 4. The first-order valence-corrected chi connectivity index (χ1v) is 11.4. The monoisotopic (exact) mass is 421 g/mol. The highest BCUT2D eigenvalue weighted by molar-refractivity contribution is 5.08. The molecule has 4 saturated carbocycles. The fourth-order valence-corrected chi connectivity index (χ4v) is 8.35. The fraction of sp³-hybridized carbons (Fsp3) is 1.00. The summed E-state index contributed by atoms with van der Waals surface area (Å²) >= 11 is 0. The predicted molar refractivity (Wildman–Crippen MR) is 103 cm³/mol. The Morgan fingerprint density at radius 1 is 1.03 bits per heavy atom. The topological polar surface area (TPSA) is 40.5 Å². The summed E-state index contributed by atoms with van der Waals surface area (Å²) < 4.78 is 61.4. The molecule has 4 fully saturated rings. The van der Waals surface area contributed by atoms with Gasteiger partial charge in [-0.1, -0.05) is 13.8 Å². The van der Waals surface area contributed by atoms with Crippen LogP contribution in [-0.2, 0) is 0 Å². The molecule has 0 saturated heterocycles. The number of hydrogen-bond acceptors (Lipinski definition) is 2. The van der Waals surface area contributed by atoms with Gasteiger partial charge in [-0.05, 0) is 105 Å². The van der Waals surface area contributed by atoms with Gasteiger partial charge in [-0.2, -0.15) is 13.2 Å². The molecular formula is C23H36F4O2. The van der Waals surface area contributed by atoms with Crippen molar-refractivity contribution in [2.24, 2.45) is 46.8 Å². The van der Waals surface area contributed by atoms with Gasteiger partial charge in [0.25, 0.3) is 0 Å². The molecule has 4 rings (SSSR count). The zero-order chi connectivity index (χ0) is 22.1. The van der Waals surface area contributed by atoms with Crippen LogP contribution in [0.2, 0.25) is 0 Å². The number of aliphatic hydroxyl groups is 2. The van der Waals surface area contributed by atoms with E-state index in [1.165, 1.54) is 0 Å². The highest BCUT2D eigenvalue weighted by Gasteiger charge is 2.62. The largest absolute Gasteiger partial charge is 0.417 e. The van der Waals surface area contributed by atoms with Crippen LogP contribution in [0.25, 0.3) is 0 Å². The molecule has 0 unspecified atom stereocenters. The van der Waals surface area contributed by atoms with E-state index in [1.807, 2.05) is 0 Å². The summed E-state index contributed by atoms with van der Waals surface area (Å²) in [6.07, 6.45) is -1.10. The van der Waals surface area contributed by atoms with Crippen molar-refractivity contribution in [3.8, 4) is 0 Å². The lowest BCUT2D eigenvalue weighted by Gasteiger charge is -2.57. The maximum absolute atomic E-state index is 13.4. The number of fused-ring (bicyclic) bond motifs is 5. The molecule has 0 aromatic rings. The van der Waals surface area contributed by atoms with Crippen molar-refractivity contribution in [2.45, 2.75) is 89.5 Å². The van der Waals surface area contributed by atoms with Gasteiger partial charge in [0.05, 0.1) is 7.45 Å². The molecule has 0 bridgehead atoms. The predicted octanol–water partition coefficient (Wildman–Crippen LogP) is 5.52. The van der Waals surface area contributed by atoms with Crippen molar-refractivity contribution < 1.29 is 29.1 Å². The van der Waals surface area contributed by atoms with Gasteiger partial charge in [0, 0.05) is 0 Å². The van der Waals surface area contributed by atoms with Gasteiger partial charge >= 0.3 is 6.18 Å². The molecule has 0 spiro atoms. The van der Waals surface area contributed by atoms with Crippen LogP contribution in [0.5, 0.6) is 0 Å². The van der Waals surface area contributed by atoms with E-state index in [-0.39, 0.29) is 36.0 Å². The number of hydrogen-bond donors (Lipinski definition) is 2. The van der Waals surface area contributed by atoms with E-state index in [1.54, 1.807) is 6.92 Å². The van der Waals surface area contributed by atoms with E-state index in [4.69, 9.17) is 1.37 Å². The minimum Gasteiger partial charge on any atom is -0.390 e. The molecule has 0 aliphatic heterocycles. The van der Waals surface area contributed by atoms with Crippen molar-refractivity contribution in [3.05, 3.63) is 0 Å². The summed E-state index contributed by atoms with van der Waals surface area (Å²) in [6.45, 7) is 2.97. The second-order valence-corrected chi connectivity index (χ2v) is 10.8. The van der Waals surface area contributed by atoms with E-state index in [0.717, 1.165) is 38.5 Å². The summed E-state index contributed by atoms with van der Waals surface area (Å²) in [5, 5.41) is 20.5. The summed E-state index contributed by atoms with van der Waals surface area (Å²) in [5.74, 6) is 1.16. The Morgan fingerprint density at radius 3 is 2.38 bits per heavy atom. The van der Waals surface area contributed by atoms with E-state index >= 15 is 0 Å². The maximum atomic E-state index is 13.4. The normalized spacial score (nSPS) is 51.2. The lowest BCUT2D eigenvalue weighted by Crippen LogP contribution is -2.55. The third-order valence-corrected chi connectivity index (χ3v) is 9.88. The average molecular weight is 422 g/mol. The Bertz CT molecular complexity index is 656. The van der Waals surface area contributed by atoms with Crippen molar-refractivity contribution in [1.82, 2.24) is 0 Å². The van der Waals surface area contributed by atoms with Crippen LogP contribution < -0.4 is 0 Å². The minimum absolute atomic E-state index is 0.0427. The van der Waals surface area contributed by atoms with Gasteiger partial charge in [0.15, 0.2) is 5.60 Å². The highest BCUT2D eigenvalue weighted by atomic mass is 19.4. The molecule has 10 atom stereocenters. The molecule has 6 heteroatoms. The van der Waals surface area contributed by atoms with Crippen LogP contribution >= 0.6 is 0 Å². The van der Waals surface area contributed by atoms with Gasteiger partial charge in [0.2, 0.25) is 0 Å². The molecule has 0 aromatic heterocycles. The van der Waals surface area contributed by atoms with E-state index in [2.05, 4.69) is 6.92 Å². The molecule has 2 N–H and O–H groups in total. The second-order valence-electron chi connectivity index (χ2n) is 10.8. The molecular weight excluding hydrogens is 384 g/mol. The molecule has 0 heterocycles. The van der Waals surface area contributed by atoms with Gasteiger partial charge in [-0.25, -0.2) is 4.39 Å². The Kier molecular flexibility index (Phi) is 5.21. The van der Waals surface area contributed by atoms with Gasteiger partial charge in [-0.3, -0.25) is 0 Å². The smallest absolute Gasteiger partial charge is 0.390 e. The molecule has 0 amide bonds. The molecule has 2 nitrogen and oxygen atoms in total. The summed E-state index contributed by atoms with van der Waals surface area (Å²) in [5.41, 5.74) is -2.57. The average Bonchev–Trinajstić information content (AvgIpc) is 3.03. The van der Waals surface area contributed by atoms with E-state index in [9.17, 15) is 27.8 Å². The number of rotatable bonds is 3. The zero-order valence-corrected chi connectivity index (χ0v) is 17.5. The molecule has 0 radical (unpaired) electrons. The van der Waals surface area contributed by atoms with Crippen LogP contribution in [-0.4, -0.2) is 34.7 Å². The van der Waals surface area contributed by atoms with E-state index < -0.39 is 30.4 Å². The van der Waals surface area contributed by atoms with Crippen molar-refractivity contribution in [3.63, 3.8) is 0 Å². The van der Waals surface area contributed by atoms with Crippen molar-refractivity contribution in [1.29, 1.82) is 0 Å². The Hall–Kier alpha value is -0.360. The first-order chi connectivity index (χ1) is 13.8. The quantitative estimate of drug-likeness (QED) is 0.590. The van der Waals surface area contributed by atoms with Crippen LogP contribution in [0.15, 0.2) is 0 Å². The molecule has 168 valence electrons. The van der Waals surface area contributed by atoms with Crippen LogP contribution in [0.4, 0.5) is 17.6 Å². The third kappa shape index (κ3) is 3.35. The standard InChI is InChI=1S/C23H36F4O2/c1-13(20(28)12-24)18-5-6-19-17-4-3-14-11-22(29,23(25,26)27)10-8-15(14)16(17)7-9-21(18,19)2/h13-20,28-29H,3-12H2,1-2H3/t13-,14+,15-,16+,17+,18+,19-,20+,21+,22+/m0/s1/i20D. The maximum Gasteiger partial charge on any atom is 0.417 e. The number of alkyl halides is 4. The van der Waals surface area contributed by atoms with Crippen LogP contribution in [0.1, 0.15) is 73.0 Å². The zero-order valence-electron chi connectivity index (χ0n) is 18.5. The third-order valence-electron chi connectivity index (χ3n) is 9.88. The summed E-state index contributed by atoms with van der Waals surface area (Å²) in [7, 11) is 0. The Labute approximate surface area is 172 Å². The Balaban J connectivity index is 1.51. The van der Waals surface area contributed by atoms with E-state index in [0.29, 0.717) is 24.2 Å². The summed E-state index contributed by atoms with van der Waals surface area (Å²) in [4.78, 5) is 0. The molecule has 0 aromatic carbocycles. The molecule has 29 heavy (non-hydrogen) atoms. The lowest BCUT2D eigenvalue weighted by molar-refractivity contribution is -0.282. The molecule has 4 aliphatic rings. The lowest BCUT2D eigenvalue weighted by atomic mass is 9.48. The van der Waals surface area contributed by atoms with Gasteiger partial charge < -0.3 is 10.2 Å². The Morgan fingerprint density at radius 2 is 1.72 bits per heavy atom. The minimum atomic E-state index is -4.56. The van der Waals surface area contributed by atoms with Gasteiger partial charge in [0.1, 0.15) is 6.67 Å². The van der Waals surface area contributed by atoms with Crippen molar-refractivity contribution in [2.75, 3.05) is 6.67 Å². The fourth-order valence-electron chi connectivity index (χ4n) is 8.35.